The quantitative estimate of drug-likeness (QED) is 0.724. The molecule has 3 amide bonds. The number of para-hydroxylation sites is 1. The Morgan fingerprint density at radius 3 is 2.48 bits per heavy atom. The predicted molar refractivity (Wildman–Crippen MR) is 110 cm³/mol. The van der Waals surface area contributed by atoms with Gasteiger partial charge in [-0.3, -0.25) is 4.79 Å². The number of hydrogen-bond acceptors (Lipinski definition) is 4. The van der Waals surface area contributed by atoms with Gasteiger partial charge in [0, 0.05) is 17.4 Å². The third kappa shape index (κ3) is 4.13. The molecule has 0 radical (unpaired) electrons. The molecule has 152 valence electrons. The molecule has 4 rings (SSSR count). The topological polar surface area (TPSA) is 88.7 Å². The van der Waals surface area contributed by atoms with Crippen LogP contribution in [0, 0.1) is 6.92 Å². The van der Waals surface area contributed by atoms with Crippen molar-refractivity contribution in [2.45, 2.75) is 44.6 Å². The molecule has 2 aromatic carbocycles. The van der Waals surface area contributed by atoms with Crippen molar-refractivity contribution in [1.29, 1.82) is 0 Å². The highest BCUT2D eigenvalue weighted by atomic mass is 16.7. The molecule has 1 saturated carbocycles. The van der Waals surface area contributed by atoms with Crippen molar-refractivity contribution in [2.75, 3.05) is 17.4 Å². The molecule has 1 aliphatic carbocycles. The van der Waals surface area contributed by atoms with Crippen LogP contribution in [-0.4, -0.2) is 24.3 Å². The van der Waals surface area contributed by atoms with E-state index < -0.39 is 5.54 Å². The zero-order chi connectivity index (χ0) is 20.3. The number of nitrogens with one attached hydrogen (secondary N) is 3. The standard InChI is InChI=1S/C22H25N3O4/c1-15-7-3-4-8-17(15)24-21(27)25-22(11-5-2-6-12-22)20(26)23-16-9-10-18-19(13-16)29-14-28-18/h3-4,7-10,13H,2,5-6,11-12,14H2,1H3,(H,23,26)(H2,24,25,27). The molecule has 1 heterocycles. The maximum Gasteiger partial charge on any atom is 0.320 e. The Labute approximate surface area is 169 Å². The summed E-state index contributed by atoms with van der Waals surface area (Å²) >= 11 is 0. The first-order chi connectivity index (χ1) is 14.1. The van der Waals surface area contributed by atoms with Gasteiger partial charge in [-0.05, 0) is 43.5 Å². The normalized spacial score (nSPS) is 16.7. The average Bonchev–Trinajstić information content (AvgIpc) is 3.18. The summed E-state index contributed by atoms with van der Waals surface area (Å²) in [6.07, 6.45) is 4.04. The second-order valence-corrected chi connectivity index (χ2v) is 7.56. The van der Waals surface area contributed by atoms with Gasteiger partial charge in [0.15, 0.2) is 11.5 Å². The fourth-order valence-electron chi connectivity index (χ4n) is 3.87. The minimum Gasteiger partial charge on any atom is -0.454 e. The fourth-order valence-corrected chi connectivity index (χ4v) is 3.87. The first kappa shape index (κ1) is 19.1. The molecule has 0 saturated heterocycles. The van der Waals surface area contributed by atoms with Gasteiger partial charge >= 0.3 is 6.03 Å². The minimum atomic E-state index is -0.943. The summed E-state index contributed by atoms with van der Waals surface area (Å²) in [5.41, 5.74) is 1.36. The molecule has 0 atom stereocenters. The van der Waals surface area contributed by atoms with Gasteiger partial charge in [-0.2, -0.15) is 0 Å². The lowest BCUT2D eigenvalue weighted by Crippen LogP contribution is -2.58. The van der Waals surface area contributed by atoms with Gasteiger partial charge < -0.3 is 25.4 Å². The Morgan fingerprint density at radius 1 is 0.931 bits per heavy atom. The highest BCUT2D eigenvalue weighted by Gasteiger charge is 2.41. The molecule has 0 spiro atoms. The van der Waals surface area contributed by atoms with Gasteiger partial charge in [-0.25, -0.2) is 4.79 Å². The van der Waals surface area contributed by atoms with Crippen LogP contribution in [0.25, 0.3) is 0 Å². The average molecular weight is 395 g/mol. The van der Waals surface area contributed by atoms with E-state index in [0.29, 0.717) is 30.0 Å². The number of amides is 3. The fraction of sp³-hybridized carbons (Fsp3) is 0.364. The molecule has 0 unspecified atom stereocenters. The molecule has 0 aromatic heterocycles. The zero-order valence-electron chi connectivity index (χ0n) is 16.4. The summed E-state index contributed by atoms with van der Waals surface area (Å²) < 4.78 is 10.7. The van der Waals surface area contributed by atoms with Crippen molar-refractivity contribution in [3.8, 4) is 11.5 Å². The van der Waals surface area contributed by atoms with E-state index in [4.69, 9.17) is 9.47 Å². The van der Waals surface area contributed by atoms with E-state index in [9.17, 15) is 9.59 Å². The summed E-state index contributed by atoms with van der Waals surface area (Å²) in [4.78, 5) is 25.9. The molecular formula is C22H25N3O4. The van der Waals surface area contributed by atoms with Gasteiger partial charge in [0.2, 0.25) is 12.7 Å². The Bertz CT molecular complexity index is 922. The van der Waals surface area contributed by atoms with E-state index in [0.717, 1.165) is 30.5 Å². The van der Waals surface area contributed by atoms with Gasteiger partial charge in [0.25, 0.3) is 0 Å². The molecule has 1 fully saturated rings. The van der Waals surface area contributed by atoms with Crippen LogP contribution < -0.4 is 25.4 Å². The van der Waals surface area contributed by atoms with Crippen molar-refractivity contribution in [3.05, 3.63) is 48.0 Å². The van der Waals surface area contributed by atoms with E-state index in [1.54, 1.807) is 18.2 Å². The number of urea groups is 1. The summed E-state index contributed by atoms with van der Waals surface area (Å²) in [5, 5.41) is 8.78. The Balaban J connectivity index is 1.49. The van der Waals surface area contributed by atoms with E-state index in [1.165, 1.54) is 0 Å². The van der Waals surface area contributed by atoms with Crippen molar-refractivity contribution >= 4 is 23.3 Å². The van der Waals surface area contributed by atoms with Crippen LogP contribution in [0.2, 0.25) is 0 Å². The third-order valence-electron chi connectivity index (χ3n) is 5.52. The molecule has 3 N–H and O–H groups in total. The molecule has 2 aliphatic rings. The van der Waals surface area contributed by atoms with E-state index in [-0.39, 0.29) is 18.7 Å². The molecule has 0 bridgehead atoms. The monoisotopic (exact) mass is 395 g/mol. The number of carbonyl (C=O) groups is 2. The van der Waals surface area contributed by atoms with Crippen LogP contribution in [0.3, 0.4) is 0 Å². The number of rotatable bonds is 4. The molecule has 29 heavy (non-hydrogen) atoms. The maximum absolute atomic E-state index is 13.2. The Morgan fingerprint density at radius 2 is 1.69 bits per heavy atom. The Kier molecular flexibility index (Phi) is 5.29. The van der Waals surface area contributed by atoms with Gasteiger partial charge in [-0.1, -0.05) is 37.5 Å². The van der Waals surface area contributed by atoms with Gasteiger partial charge in [-0.15, -0.1) is 0 Å². The lowest BCUT2D eigenvalue weighted by Gasteiger charge is -2.36. The van der Waals surface area contributed by atoms with Crippen LogP contribution in [0.4, 0.5) is 16.2 Å². The number of ether oxygens (including phenoxy) is 2. The highest BCUT2D eigenvalue weighted by molar-refractivity contribution is 6.02. The summed E-state index contributed by atoms with van der Waals surface area (Å²) in [5.74, 6) is 1.05. The van der Waals surface area contributed by atoms with E-state index >= 15 is 0 Å². The van der Waals surface area contributed by atoms with Gasteiger partial charge in [0.05, 0.1) is 0 Å². The number of hydrogen-bond donors (Lipinski definition) is 3. The minimum absolute atomic E-state index is 0.178. The van der Waals surface area contributed by atoms with E-state index in [1.807, 2.05) is 31.2 Å². The zero-order valence-corrected chi connectivity index (χ0v) is 16.4. The van der Waals surface area contributed by atoms with Crippen LogP contribution in [0.5, 0.6) is 11.5 Å². The van der Waals surface area contributed by atoms with Crippen molar-refractivity contribution < 1.29 is 19.1 Å². The highest BCUT2D eigenvalue weighted by Crippen LogP contribution is 2.35. The predicted octanol–water partition coefficient (Wildman–Crippen LogP) is 4.19. The van der Waals surface area contributed by atoms with Crippen molar-refractivity contribution in [1.82, 2.24) is 5.32 Å². The largest absolute Gasteiger partial charge is 0.454 e. The summed E-state index contributed by atoms with van der Waals surface area (Å²) in [6.45, 7) is 2.11. The number of fused-ring (bicyclic) bond motifs is 1. The molecule has 7 nitrogen and oxygen atoms in total. The second-order valence-electron chi connectivity index (χ2n) is 7.56. The van der Waals surface area contributed by atoms with Crippen molar-refractivity contribution in [2.24, 2.45) is 0 Å². The van der Waals surface area contributed by atoms with Crippen LogP contribution in [-0.2, 0) is 4.79 Å². The maximum atomic E-state index is 13.2. The van der Waals surface area contributed by atoms with Crippen LogP contribution in [0.1, 0.15) is 37.7 Å². The molecule has 1 aliphatic heterocycles. The summed E-state index contributed by atoms with van der Waals surface area (Å²) in [7, 11) is 0. The number of benzene rings is 2. The number of carbonyl (C=O) groups excluding carboxylic acids is 2. The lowest BCUT2D eigenvalue weighted by atomic mass is 9.81. The van der Waals surface area contributed by atoms with Crippen LogP contribution >= 0.6 is 0 Å². The smallest absolute Gasteiger partial charge is 0.320 e. The molecular weight excluding hydrogens is 370 g/mol. The van der Waals surface area contributed by atoms with E-state index in [2.05, 4.69) is 16.0 Å². The van der Waals surface area contributed by atoms with Crippen LogP contribution in [0.15, 0.2) is 42.5 Å². The number of aryl methyl sites for hydroxylation is 1. The lowest BCUT2D eigenvalue weighted by molar-refractivity contribution is -0.123. The summed E-state index contributed by atoms with van der Waals surface area (Å²) in [6, 6.07) is 12.5. The van der Waals surface area contributed by atoms with Gasteiger partial charge in [0.1, 0.15) is 5.54 Å². The SMILES string of the molecule is Cc1ccccc1NC(=O)NC1(C(=O)Nc2ccc3c(c2)OCO3)CCCCC1. The first-order valence-electron chi connectivity index (χ1n) is 9.92. The first-order valence-corrected chi connectivity index (χ1v) is 9.92. The Hall–Kier alpha value is -3.22. The van der Waals surface area contributed by atoms with Crippen molar-refractivity contribution in [3.63, 3.8) is 0 Å². The molecule has 7 heteroatoms. The third-order valence-corrected chi connectivity index (χ3v) is 5.52. The molecule has 2 aromatic rings. The second kappa shape index (κ2) is 8.03. The number of anilines is 2.